The topological polar surface area (TPSA) is 88.8 Å². The zero-order valence-electron chi connectivity index (χ0n) is 16.9. The highest BCUT2D eigenvalue weighted by atomic mass is 16.1. The van der Waals surface area contributed by atoms with Gasteiger partial charge in [-0.05, 0) is 62.3 Å². The third-order valence-corrected chi connectivity index (χ3v) is 5.38. The maximum atomic E-state index is 12.9. The minimum absolute atomic E-state index is 0. The second kappa shape index (κ2) is 9.88. The molecule has 0 fully saturated rings. The van der Waals surface area contributed by atoms with Gasteiger partial charge in [0.05, 0.1) is 12.1 Å². The Morgan fingerprint density at radius 3 is 2.93 bits per heavy atom. The summed E-state index contributed by atoms with van der Waals surface area (Å²) < 4.78 is 0. The van der Waals surface area contributed by atoms with Gasteiger partial charge in [-0.25, -0.2) is 0 Å². The Labute approximate surface area is 174 Å². The van der Waals surface area contributed by atoms with Crippen LogP contribution in [0.25, 0.3) is 0 Å². The molecule has 29 heavy (non-hydrogen) atoms. The van der Waals surface area contributed by atoms with E-state index in [4.69, 9.17) is 10.7 Å². The summed E-state index contributed by atoms with van der Waals surface area (Å²) in [5.41, 5.74) is 4.85. The molecule has 1 unspecified atom stereocenters. The fourth-order valence-corrected chi connectivity index (χ4v) is 3.83. The summed E-state index contributed by atoms with van der Waals surface area (Å²) in [6.07, 6.45) is 5.23. The molecular formula is C24H30N4O. The Morgan fingerprint density at radius 1 is 1.28 bits per heavy atom. The highest BCUT2D eigenvalue weighted by Crippen LogP contribution is 2.29. The van der Waals surface area contributed by atoms with Crippen LogP contribution < -0.4 is 10.6 Å². The standard InChI is InChI=1S/C24H28N4O.H2/c1-17-12-13-21(27-15-6-2-5-14-25)20(16-17)23(26)24(29)28-22-11-7-9-18-8-3-4-10-19(18)22;/h3-4,8,10,12-13,16,22,26-27H,2,5-7,9,11,15H2,1H3,(H,28,29);1H. The zero-order valence-corrected chi connectivity index (χ0v) is 16.9. The van der Waals surface area contributed by atoms with Crippen molar-refractivity contribution in [1.29, 1.82) is 10.7 Å². The van der Waals surface area contributed by atoms with Crippen LogP contribution in [0.1, 0.15) is 61.8 Å². The second-order valence-electron chi connectivity index (χ2n) is 7.58. The number of nitriles is 1. The molecule has 0 aliphatic heterocycles. The van der Waals surface area contributed by atoms with Gasteiger partial charge in [-0.15, -0.1) is 0 Å². The van der Waals surface area contributed by atoms with E-state index >= 15 is 0 Å². The van der Waals surface area contributed by atoms with Crippen LogP contribution in [0.5, 0.6) is 0 Å². The van der Waals surface area contributed by atoms with Crippen LogP contribution >= 0.6 is 0 Å². The Balaban J connectivity index is 0.00000320. The van der Waals surface area contributed by atoms with Gasteiger partial charge in [-0.2, -0.15) is 5.26 Å². The maximum Gasteiger partial charge on any atom is 0.270 e. The molecule has 0 aromatic heterocycles. The zero-order chi connectivity index (χ0) is 20.6. The first-order chi connectivity index (χ1) is 14.1. The molecule has 0 radical (unpaired) electrons. The number of hydrogen-bond acceptors (Lipinski definition) is 4. The Morgan fingerprint density at radius 2 is 2.10 bits per heavy atom. The van der Waals surface area contributed by atoms with Crippen molar-refractivity contribution in [3.05, 3.63) is 64.7 Å². The molecule has 3 N–H and O–H groups in total. The number of unbranched alkanes of at least 4 members (excludes halogenated alkanes) is 2. The number of hydrogen-bond donors (Lipinski definition) is 3. The minimum Gasteiger partial charge on any atom is -0.384 e. The van der Waals surface area contributed by atoms with E-state index in [1.54, 1.807) is 0 Å². The summed E-state index contributed by atoms with van der Waals surface area (Å²) in [5, 5.41) is 23.6. The largest absolute Gasteiger partial charge is 0.384 e. The van der Waals surface area contributed by atoms with E-state index in [9.17, 15) is 4.79 Å². The van der Waals surface area contributed by atoms with Crippen LogP contribution in [0.3, 0.4) is 0 Å². The summed E-state index contributed by atoms with van der Waals surface area (Å²) in [6.45, 7) is 2.67. The maximum absolute atomic E-state index is 12.9. The minimum atomic E-state index is -0.343. The molecule has 0 saturated carbocycles. The molecule has 1 aliphatic carbocycles. The number of anilines is 1. The van der Waals surface area contributed by atoms with Gasteiger partial charge in [0.15, 0.2) is 0 Å². The van der Waals surface area contributed by atoms with Gasteiger partial charge in [0.1, 0.15) is 5.71 Å². The smallest absolute Gasteiger partial charge is 0.270 e. The van der Waals surface area contributed by atoms with Crippen molar-refractivity contribution in [3.8, 4) is 6.07 Å². The molecule has 5 heteroatoms. The summed E-state index contributed by atoms with van der Waals surface area (Å²) in [5.74, 6) is -0.343. The number of rotatable bonds is 8. The molecule has 3 rings (SSSR count). The van der Waals surface area contributed by atoms with Gasteiger partial charge in [0.25, 0.3) is 5.91 Å². The van der Waals surface area contributed by atoms with Crippen molar-refractivity contribution in [3.63, 3.8) is 0 Å². The predicted molar refractivity (Wildman–Crippen MR) is 118 cm³/mol. The normalized spacial score (nSPS) is 15.1. The summed E-state index contributed by atoms with van der Waals surface area (Å²) in [6, 6.07) is 16.1. The van der Waals surface area contributed by atoms with Crippen molar-refractivity contribution in [2.45, 2.75) is 51.5 Å². The fourth-order valence-electron chi connectivity index (χ4n) is 3.83. The molecule has 2 aromatic carbocycles. The van der Waals surface area contributed by atoms with Gasteiger partial charge in [-0.1, -0.05) is 35.9 Å². The quantitative estimate of drug-likeness (QED) is 0.442. The first-order valence-corrected chi connectivity index (χ1v) is 10.3. The third kappa shape index (κ3) is 5.23. The predicted octanol–water partition coefficient (Wildman–Crippen LogP) is 4.91. The van der Waals surface area contributed by atoms with Crippen LogP contribution in [-0.4, -0.2) is 18.2 Å². The number of carbonyl (C=O) groups is 1. The monoisotopic (exact) mass is 390 g/mol. The van der Waals surface area contributed by atoms with Crippen molar-refractivity contribution < 1.29 is 6.22 Å². The lowest BCUT2D eigenvalue weighted by Crippen LogP contribution is -2.36. The number of benzene rings is 2. The number of carbonyl (C=O) groups excluding carboxylic acids is 1. The SMILES string of the molecule is Cc1ccc(NCCCCC#N)c(C(=N)C(=O)NC2CCCc3ccccc32)c1.[HH]. The summed E-state index contributed by atoms with van der Waals surface area (Å²) in [7, 11) is 0. The van der Waals surface area contributed by atoms with E-state index in [0.29, 0.717) is 18.5 Å². The van der Waals surface area contributed by atoms with E-state index in [0.717, 1.165) is 43.4 Å². The van der Waals surface area contributed by atoms with Crippen molar-refractivity contribution in [1.82, 2.24) is 5.32 Å². The van der Waals surface area contributed by atoms with Crippen LogP contribution in [0.4, 0.5) is 5.69 Å². The molecule has 1 aliphatic rings. The average Bonchev–Trinajstić information content (AvgIpc) is 2.74. The molecule has 0 bridgehead atoms. The Bertz CT molecular complexity index is 935. The van der Waals surface area contributed by atoms with E-state index in [-0.39, 0.29) is 19.1 Å². The molecule has 1 amide bonds. The number of nitrogens with zero attached hydrogens (tertiary/aromatic N) is 1. The van der Waals surface area contributed by atoms with E-state index < -0.39 is 0 Å². The van der Waals surface area contributed by atoms with Crippen molar-refractivity contribution in [2.24, 2.45) is 0 Å². The van der Waals surface area contributed by atoms with Gasteiger partial charge in [-0.3, -0.25) is 10.2 Å². The number of aryl methyl sites for hydroxylation is 2. The molecule has 1 atom stereocenters. The average molecular weight is 391 g/mol. The molecular weight excluding hydrogens is 360 g/mol. The van der Waals surface area contributed by atoms with Gasteiger partial charge < -0.3 is 10.6 Å². The first kappa shape index (κ1) is 20.6. The van der Waals surface area contributed by atoms with Crippen molar-refractivity contribution in [2.75, 3.05) is 11.9 Å². The molecule has 0 heterocycles. The molecule has 0 spiro atoms. The van der Waals surface area contributed by atoms with Gasteiger partial charge in [0.2, 0.25) is 0 Å². The highest BCUT2D eigenvalue weighted by Gasteiger charge is 2.24. The Hall–Kier alpha value is -3.13. The van der Waals surface area contributed by atoms with Crippen molar-refractivity contribution >= 4 is 17.3 Å². The number of fused-ring (bicyclic) bond motifs is 1. The number of nitrogens with one attached hydrogen (secondary N) is 3. The summed E-state index contributed by atoms with van der Waals surface area (Å²) in [4.78, 5) is 12.9. The molecule has 0 saturated heterocycles. The fraction of sp³-hybridized carbons (Fsp3) is 0.375. The second-order valence-corrected chi connectivity index (χ2v) is 7.58. The number of amides is 1. The van der Waals surface area contributed by atoms with E-state index in [1.165, 1.54) is 11.1 Å². The summed E-state index contributed by atoms with van der Waals surface area (Å²) >= 11 is 0. The lowest BCUT2D eigenvalue weighted by molar-refractivity contribution is -0.115. The lowest BCUT2D eigenvalue weighted by atomic mass is 9.87. The van der Waals surface area contributed by atoms with E-state index in [1.807, 2.05) is 37.3 Å². The van der Waals surface area contributed by atoms with Gasteiger partial charge in [0, 0.05) is 25.6 Å². The van der Waals surface area contributed by atoms with Crippen LogP contribution in [0.2, 0.25) is 0 Å². The van der Waals surface area contributed by atoms with Crippen LogP contribution in [-0.2, 0) is 11.2 Å². The molecule has 2 aromatic rings. The Kier molecular flexibility index (Phi) is 7.02. The molecule has 5 nitrogen and oxygen atoms in total. The molecule has 152 valence electrons. The van der Waals surface area contributed by atoms with Crippen LogP contribution in [0, 0.1) is 23.7 Å². The van der Waals surface area contributed by atoms with E-state index in [2.05, 4.69) is 28.8 Å². The van der Waals surface area contributed by atoms with Crippen LogP contribution in [0.15, 0.2) is 42.5 Å². The lowest BCUT2D eigenvalue weighted by Gasteiger charge is -2.26. The highest BCUT2D eigenvalue weighted by molar-refractivity contribution is 6.45. The third-order valence-electron chi connectivity index (χ3n) is 5.38. The first-order valence-electron chi connectivity index (χ1n) is 10.3. The van der Waals surface area contributed by atoms with Gasteiger partial charge >= 0.3 is 0 Å².